The van der Waals surface area contributed by atoms with Gasteiger partial charge in [0.2, 0.25) is 0 Å². The predicted octanol–water partition coefficient (Wildman–Crippen LogP) is -1.84. The monoisotopic (exact) mass is 413 g/mol. The van der Waals surface area contributed by atoms with Gasteiger partial charge >= 0.3 is 36.9 Å². The molecule has 0 heterocycles. The zero-order valence-corrected chi connectivity index (χ0v) is 6.03. The molecule has 0 saturated carbocycles. The Hall–Kier alpha value is 2.42. The quantitative estimate of drug-likeness (QED) is 0.410. The van der Waals surface area contributed by atoms with Gasteiger partial charge in [-0.05, 0) is 0 Å². The molecule has 0 N–H and O–H groups in total. The van der Waals surface area contributed by atoms with Crippen LogP contribution in [0.1, 0.15) is 0 Å². The van der Waals surface area contributed by atoms with E-state index in [-0.39, 0.29) is 76.3 Å². The van der Waals surface area contributed by atoms with Crippen LogP contribution in [0.4, 0.5) is 0 Å². The van der Waals surface area contributed by atoms with Crippen molar-refractivity contribution in [2.75, 3.05) is 0 Å². The normalized spacial score (nSPS) is 0. The average molecular weight is 413 g/mol. The molecule has 4 heteroatoms. The summed E-state index contributed by atoms with van der Waals surface area (Å²) in [6, 6.07) is 0. The van der Waals surface area contributed by atoms with Crippen molar-refractivity contribution in [2.24, 2.45) is 0 Å². The van der Waals surface area contributed by atoms with E-state index in [4.69, 9.17) is 0 Å². The molecular formula is H4AuCuGaSe. The Morgan fingerprint density at radius 2 is 1.00 bits per heavy atom. The van der Waals surface area contributed by atoms with Gasteiger partial charge in [0.1, 0.15) is 0 Å². The van der Waals surface area contributed by atoms with Crippen LogP contribution in [0, 0.1) is 0 Å². The molecule has 0 aliphatic heterocycles. The van der Waals surface area contributed by atoms with Crippen molar-refractivity contribution < 1.29 is 39.4 Å². The molecule has 0 unspecified atom stereocenters. The van der Waals surface area contributed by atoms with E-state index in [1.54, 1.807) is 0 Å². The first-order chi connectivity index (χ1) is 0. The molecule has 0 rings (SSSR count). The van der Waals surface area contributed by atoms with E-state index in [1.165, 1.54) is 0 Å². The molecule has 0 saturated heterocycles. The second kappa shape index (κ2) is 18.1. The van der Waals surface area contributed by atoms with Crippen LogP contribution in [-0.4, -0.2) is 36.9 Å². The summed E-state index contributed by atoms with van der Waals surface area (Å²) >= 11 is 0. The topological polar surface area (TPSA) is 0 Å². The van der Waals surface area contributed by atoms with Crippen molar-refractivity contribution >= 4 is 36.9 Å². The molecule has 0 aromatic heterocycles. The molecule has 0 amide bonds. The zero-order valence-electron chi connectivity index (χ0n) is 1.05. The van der Waals surface area contributed by atoms with Crippen LogP contribution >= 0.6 is 0 Å². The van der Waals surface area contributed by atoms with E-state index in [9.17, 15) is 0 Å². The van der Waals surface area contributed by atoms with Crippen LogP contribution < -0.4 is 0 Å². The van der Waals surface area contributed by atoms with Crippen LogP contribution in [0.2, 0.25) is 0 Å². The van der Waals surface area contributed by atoms with Crippen LogP contribution in [0.3, 0.4) is 0 Å². The molecule has 0 aliphatic rings. The minimum atomic E-state index is 0. The van der Waals surface area contributed by atoms with E-state index in [0.717, 1.165) is 0 Å². The van der Waals surface area contributed by atoms with Crippen LogP contribution in [-0.2, 0) is 39.4 Å². The summed E-state index contributed by atoms with van der Waals surface area (Å²) in [7, 11) is 0. The third-order valence-corrected chi connectivity index (χ3v) is 0. The second-order valence-corrected chi connectivity index (χ2v) is 0. The Kier molecular flexibility index (Phi) is 146. The van der Waals surface area contributed by atoms with Crippen molar-refractivity contribution in [3.05, 3.63) is 0 Å². The Morgan fingerprint density at radius 1 is 1.00 bits per heavy atom. The number of rotatable bonds is 0. The van der Waals surface area contributed by atoms with E-state index in [1.807, 2.05) is 0 Å². The summed E-state index contributed by atoms with van der Waals surface area (Å²) in [5, 5.41) is 0. The van der Waals surface area contributed by atoms with E-state index < -0.39 is 0 Å². The van der Waals surface area contributed by atoms with Crippen LogP contribution in [0.5, 0.6) is 0 Å². The fourth-order valence-corrected chi connectivity index (χ4v) is 0. The molecule has 0 aromatic carbocycles. The fraction of sp³-hybridized carbons (Fsp3) is 0. The van der Waals surface area contributed by atoms with Gasteiger partial charge in [0, 0.05) is 39.4 Å². The second-order valence-electron chi connectivity index (χ2n) is 0. The van der Waals surface area contributed by atoms with Crippen molar-refractivity contribution in [1.82, 2.24) is 0 Å². The molecule has 0 fully saturated rings. The van der Waals surface area contributed by atoms with Crippen LogP contribution in [0.25, 0.3) is 0 Å². The summed E-state index contributed by atoms with van der Waals surface area (Å²) in [6.45, 7) is 0. The third-order valence-electron chi connectivity index (χ3n) is 0. The fourth-order valence-electron chi connectivity index (χ4n) is 0. The number of hydrogen-bond acceptors (Lipinski definition) is 0. The molecule has 35 valence electrons. The molecule has 0 aliphatic carbocycles. The minimum absolute atomic E-state index is 0. The summed E-state index contributed by atoms with van der Waals surface area (Å²) < 4.78 is 0. The van der Waals surface area contributed by atoms with Gasteiger partial charge in [0.05, 0.1) is 0 Å². The molecule has 0 spiro atoms. The van der Waals surface area contributed by atoms with Crippen molar-refractivity contribution in [2.45, 2.75) is 0 Å². The summed E-state index contributed by atoms with van der Waals surface area (Å²) in [4.78, 5) is 0. The Balaban J connectivity index is 0. The van der Waals surface area contributed by atoms with Crippen molar-refractivity contribution in [3.8, 4) is 0 Å². The van der Waals surface area contributed by atoms with Gasteiger partial charge < -0.3 is 0 Å². The first-order valence-electron chi connectivity index (χ1n) is 0. The summed E-state index contributed by atoms with van der Waals surface area (Å²) in [5.74, 6) is 0. The zero-order chi connectivity index (χ0) is 0. The van der Waals surface area contributed by atoms with Gasteiger partial charge in [-0.2, -0.15) is 0 Å². The van der Waals surface area contributed by atoms with Crippen LogP contribution in [0.15, 0.2) is 0 Å². The van der Waals surface area contributed by atoms with Crippen molar-refractivity contribution in [3.63, 3.8) is 0 Å². The van der Waals surface area contributed by atoms with Gasteiger partial charge in [-0.15, -0.1) is 0 Å². The third kappa shape index (κ3) is 8.83. The maximum absolute atomic E-state index is 0. The molecule has 0 aromatic rings. The molecule has 4 heavy (non-hydrogen) atoms. The van der Waals surface area contributed by atoms with E-state index in [0.29, 0.717) is 0 Å². The van der Waals surface area contributed by atoms with Gasteiger partial charge in [-0.1, -0.05) is 0 Å². The van der Waals surface area contributed by atoms with E-state index >= 15 is 0 Å². The van der Waals surface area contributed by atoms with E-state index in [2.05, 4.69) is 0 Å². The van der Waals surface area contributed by atoms with Gasteiger partial charge in [0.25, 0.3) is 0 Å². The predicted molar refractivity (Wildman–Crippen MR) is 17.1 cm³/mol. The van der Waals surface area contributed by atoms with Gasteiger partial charge in [-0.3, -0.25) is 0 Å². The Morgan fingerprint density at radius 3 is 1.00 bits per heavy atom. The first-order valence-corrected chi connectivity index (χ1v) is 0. The summed E-state index contributed by atoms with van der Waals surface area (Å²) in [6.07, 6.45) is 0. The SMILES string of the molecule is [Au].[Cu].[GaH3].[SeH]. The maximum atomic E-state index is 0. The average Bonchev–Trinajstić information content (AvgIpc) is 0. The number of hydrogen-bond donors (Lipinski definition) is 0. The molecule has 0 nitrogen and oxygen atoms in total. The molecule has 0 atom stereocenters. The van der Waals surface area contributed by atoms with Gasteiger partial charge in [0.15, 0.2) is 0 Å². The molecule has 3 radical (unpaired) electrons. The first kappa shape index (κ1) is 32.2. The molecular weight excluding hydrogens is 409 g/mol. The molecule has 0 bridgehead atoms. The Labute approximate surface area is 75.4 Å². The Bertz CT molecular complexity index is 8.00. The van der Waals surface area contributed by atoms with Crippen molar-refractivity contribution in [1.29, 1.82) is 0 Å². The van der Waals surface area contributed by atoms with Gasteiger partial charge in [-0.25, -0.2) is 0 Å². The standard InChI is InChI=1S/Au.Cu.Ga.HSe.3H/h;;;1H;;;. The summed E-state index contributed by atoms with van der Waals surface area (Å²) in [5.41, 5.74) is 0.